The molecule has 0 amide bonds. The normalized spacial score (nSPS) is 23.1. The number of hydrogen-bond acceptors (Lipinski definition) is 3. The Labute approximate surface area is 109 Å². The first-order valence-electron chi connectivity index (χ1n) is 6.00. The van der Waals surface area contributed by atoms with E-state index < -0.39 is 32.2 Å². The van der Waals surface area contributed by atoms with Crippen molar-refractivity contribution in [2.24, 2.45) is 5.92 Å². The van der Waals surface area contributed by atoms with Crippen LogP contribution >= 0.6 is 0 Å². The van der Waals surface area contributed by atoms with Gasteiger partial charge in [0.05, 0.1) is 10.5 Å². The minimum absolute atomic E-state index is 0.00185. The summed E-state index contributed by atoms with van der Waals surface area (Å²) >= 11 is 0. The van der Waals surface area contributed by atoms with E-state index in [1.165, 1.54) is 0 Å². The molecule has 4 nitrogen and oxygen atoms in total. The molecule has 3 rings (SSSR count). The molecule has 1 aliphatic heterocycles. The van der Waals surface area contributed by atoms with Crippen LogP contribution in [0.1, 0.15) is 12.8 Å². The summed E-state index contributed by atoms with van der Waals surface area (Å²) in [5, 5.41) is 10.1. The average molecular weight is 289 g/mol. The highest BCUT2D eigenvalue weighted by atomic mass is 32.2. The zero-order chi connectivity index (χ0) is 13.8. The summed E-state index contributed by atoms with van der Waals surface area (Å²) in [4.78, 5) is -0.414. The van der Waals surface area contributed by atoms with Gasteiger partial charge in [-0.15, -0.1) is 0 Å². The van der Waals surface area contributed by atoms with Gasteiger partial charge in [-0.1, -0.05) is 0 Å². The van der Waals surface area contributed by atoms with Crippen LogP contribution in [0.25, 0.3) is 0 Å². The summed E-state index contributed by atoms with van der Waals surface area (Å²) in [6.07, 6.45) is 1.80. The van der Waals surface area contributed by atoms with Gasteiger partial charge in [-0.05, 0) is 30.9 Å². The lowest BCUT2D eigenvalue weighted by molar-refractivity contribution is -0.0764. The highest BCUT2D eigenvalue weighted by Gasteiger charge is 2.55. The van der Waals surface area contributed by atoms with E-state index in [0.717, 1.165) is 29.3 Å². The molecule has 19 heavy (non-hydrogen) atoms. The maximum Gasteiger partial charge on any atom is 0.243 e. The molecule has 1 aliphatic carbocycles. The van der Waals surface area contributed by atoms with Crippen LogP contribution in [-0.4, -0.2) is 36.5 Å². The quantitative estimate of drug-likeness (QED) is 0.907. The Bertz CT molecular complexity index is 602. The standard InChI is InChI=1S/C12H13F2NO3S/c13-9-3-10(14)5-11(4-9)19(17,18)15-6-12(16,7-15)8-1-2-8/h3-5,8,16H,1-2,6-7H2. The monoisotopic (exact) mass is 289 g/mol. The van der Waals surface area contributed by atoms with Crippen LogP contribution in [0.4, 0.5) is 8.78 Å². The maximum absolute atomic E-state index is 13.1. The molecule has 1 N–H and O–H groups in total. The van der Waals surface area contributed by atoms with Crippen molar-refractivity contribution in [3.8, 4) is 0 Å². The van der Waals surface area contributed by atoms with Crippen molar-refractivity contribution < 1.29 is 22.3 Å². The van der Waals surface area contributed by atoms with Gasteiger partial charge in [-0.3, -0.25) is 0 Å². The summed E-state index contributed by atoms with van der Waals surface area (Å²) in [5.41, 5.74) is -0.959. The number of rotatable bonds is 3. The molecule has 0 radical (unpaired) electrons. The lowest BCUT2D eigenvalue weighted by Crippen LogP contribution is -2.64. The Balaban J connectivity index is 1.84. The summed E-state index contributed by atoms with van der Waals surface area (Å²) in [7, 11) is -3.93. The fraction of sp³-hybridized carbons (Fsp3) is 0.500. The van der Waals surface area contributed by atoms with Crippen molar-refractivity contribution >= 4 is 10.0 Å². The third kappa shape index (κ3) is 2.15. The lowest BCUT2D eigenvalue weighted by atomic mass is 9.91. The molecule has 1 heterocycles. The van der Waals surface area contributed by atoms with Gasteiger partial charge in [-0.2, -0.15) is 4.31 Å². The molecular formula is C12H13F2NO3S. The predicted octanol–water partition coefficient (Wildman–Crippen LogP) is 1.11. The fourth-order valence-corrected chi connectivity index (χ4v) is 4.05. The van der Waals surface area contributed by atoms with Gasteiger partial charge in [0.15, 0.2) is 0 Å². The van der Waals surface area contributed by atoms with Gasteiger partial charge < -0.3 is 5.11 Å². The zero-order valence-electron chi connectivity index (χ0n) is 10.0. The Morgan fingerprint density at radius 3 is 2.16 bits per heavy atom. The van der Waals surface area contributed by atoms with Crippen LogP contribution in [0.3, 0.4) is 0 Å². The molecule has 0 bridgehead atoms. The molecule has 104 valence electrons. The molecule has 1 saturated heterocycles. The Hall–Kier alpha value is -1.05. The molecule has 1 aromatic carbocycles. The van der Waals surface area contributed by atoms with E-state index in [9.17, 15) is 22.3 Å². The van der Waals surface area contributed by atoms with Crippen LogP contribution in [0, 0.1) is 17.6 Å². The van der Waals surface area contributed by atoms with Crippen LogP contribution in [0.15, 0.2) is 23.1 Å². The molecule has 0 unspecified atom stereocenters. The lowest BCUT2D eigenvalue weighted by Gasteiger charge is -2.45. The molecule has 2 aliphatic rings. The maximum atomic E-state index is 13.1. The first kappa shape index (κ1) is 13.0. The van der Waals surface area contributed by atoms with E-state index in [1.54, 1.807) is 0 Å². The molecule has 1 aromatic rings. The minimum Gasteiger partial charge on any atom is -0.387 e. The topological polar surface area (TPSA) is 57.6 Å². The second kappa shape index (κ2) is 3.97. The first-order valence-corrected chi connectivity index (χ1v) is 7.44. The largest absolute Gasteiger partial charge is 0.387 e. The summed E-state index contributed by atoms with van der Waals surface area (Å²) < 4.78 is 51.4. The second-order valence-corrected chi connectivity index (χ2v) is 7.19. The van der Waals surface area contributed by atoms with E-state index in [4.69, 9.17) is 0 Å². The Morgan fingerprint density at radius 1 is 1.16 bits per heavy atom. The fourth-order valence-electron chi connectivity index (χ4n) is 2.44. The van der Waals surface area contributed by atoms with Crippen LogP contribution < -0.4 is 0 Å². The third-order valence-electron chi connectivity index (χ3n) is 3.71. The van der Waals surface area contributed by atoms with Gasteiger partial charge in [0, 0.05) is 19.2 Å². The Morgan fingerprint density at radius 2 is 1.68 bits per heavy atom. The van der Waals surface area contributed by atoms with Crippen molar-refractivity contribution in [3.63, 3.8) is 0 Å². The number of sulfonamides is 1. The molecule has 1 saturated carbocycles. The third-order valence-corrected chi connectivity index (χ3v) is 5.48. The highest BCUT2D eigenvalue weighted by molar-refractivity contribution is 7.89. The van der Waals surface area contributed by atoms with E-state index in [2.05, 4.69) is 0 Å². The van der Waals surface area contributed by atoms with Crippen molar-refractivity contribution in [2.45, 2.75) is 23.3 Å². The number of benzene rings is 1. The van der Waals surface area contributed by atoms with Crippen molar-refractivity contribution in [1.29, 1.82) is 0 Å². The minimum atomic E-state index is -3.93. The van der Waals surface area contributed by atoms with E-state index in [0.29, 0.717) is 6.07 Å². The molecule has 0 spiro atoms. The molecular weight excluding hydrogens is 276 g/mol. The first-order chi connectivity index (χ1) is 8.81. The number of nitrogens with zero attached hydrogens (tertiary/aromatic N) is 1. The number of aliphatic hydroxyl groups is 1. The van der Waals surface area contributed by atoms with Crippen LogP contribution in [-0.2, 0) is 10.0 Å². The molecule has 0 aromatic heterocycles. The van der Waals surface area contributed by atoms with Crippen LogP contribution in [0.2, 0.25) is 0 Å². The SMILES string of the molecule is O=S(=O)(c1cc(F)cc(F)c1)N1CC(O)(C2CC2)C1. The van der Waals surface area contributed by atoms with Gasteiger partial charge in [0.2, 0.25) is 10.0 Å². The highest BCUT2D eigenvalue weighted by Crippen LogP contribution is 2.45. The zero-order valence-corrected chi connectivity index (χ0v) is 10.8. The van der Waals surface area contributed by atoms with E-state index in [-0.39, 0.29) is 19.0 Å². The second-order valence-electron chi connectivity index (χ2n) is 5.26. The molecule has 2 fully saturated rings. The summed E-state index contributed by atoms with van der Waals surface area (Å²) in [6, 6.07) is 2.19. The van der Waals surface area contributed by atoms with Crippen molar-refractivity contribution in [3.05, 3.63) is 29.8 Å². The van der Waals surface area contributed by atoms with Crippen molar-refractivity contribution in [2.75, 3.05) is 13.1 Å². The number of β-amino-alcohol motifs (C(OH)–C–C–N with tert-alkyl or cyclic N) is 1. The number of halogens is 2. The molecule has 7 heteroatoms. The molecule has 0 atom stereocenters. The van der Waals surface area contributed by atoms with Crippen molar-refractivity contribution in [1.82, 2.24) is 4.31 Å². The van der Waals surface area contributed by atoms with Gasteiger partial charge >= 0.3 is 0 Å². The summed E-state index contributed by atoms with van der Waals surface area (Å²) in [5.74, 6) is -1.71. The van der Waals surface area contributed by atoms with Crippen LogP contribution in [0.5, 0.6) is 0 Å². The van der Waals surface area contributed by atoms with Gasteiger partial charge in [0.25, 0.3) is 0 Å². The summed E-state index contributed by atoms with van der Waals surface area (Å²) in [6.45, 7) is -0.00371. The average Bonchev–Trinajstić information content (AvgIpc) is 3.07. The van der Waals surface area contributed by atoms with Gasteiger partial charge in [-0.25, -0.2) is 17.2 Å². The van der Waals surface area contributed by atoms with E-state index >= 15 is 0 Å². The number of hydrogen-bond donors (Lipinski definition) is 1. The Kier molecular flexibility index (Phi) is 2.71. The van der Waals surface area contributed by atoms with E-state index in [1.807, 2.05) is 0 Å². The predicted molar refractivity (Wildman–Crippen MR) is 62.8 cm³/mol. The smallest absolute Gasteiger partial charge is 0.243 e. The van der Waals surface area contributed by atoms with Gasteiger partial charge in [0.1, 0.15) is 11.6 Å².